The van der Waals surface area contributed by atoms with Gasteiger partial charge in [-0.1, -0.05) is 78.5 Å². The molecular weight excluding hydrogens is 414 g/mol. The van der Waals surface area contributed by atoms with E-state index in [0.717, 1.165) is 16.7 Å². The largest absolute Gasteiger partial charge is 0.368 e. The second kappa shape index (κ2) is 8.69. The maximum absolute atomic E-state index is 13.4. The lowest BCUT2D eigenvalue weighted by molar-refractivity contribution is -0.117. The molecule has 0 fully saturated rings. The minimum Gasteiger partial charge on any atom is -0.368 e. The third-order valence-electron chi connectivity index (χ3n) is 4.64. The van der Waals surface area contributed by atoms with E-state index in [-0.39, 0.29) is 12.1 Å². The number of aromatic nitrogens is 2. The van der Waals surface area contributed by atoms with Crippen LogP contribution in [0.25, 0.3) is 21.3 Å². The summed E-state index contributed by atoms with van der Waals surface area (Å²) in [6, 6.07) is 19.0. The zero-order valence-corrected chi connectivity index (χ0v) is 17.7. The molecule has 0 aliphatic rings. The van der Waals surface area contributed by atoms with Gasteiger partial charge >= 0.3 is 0 Å². The predicted octanol–water partition coefficient (Wildman–Crippen LogP) is 4.63. The van der Waals surface area contributed by atoms with Crippen LogP contribution in [0.1, 0.15) is 10.8 Å². The number of hydrogen-bond acceptors (Lipinski definition) is 5. The Morgan fingerprint density at radius 1 is 1.17 bits per heavy atom. The van der Waals surface area contributed by atoms with Crippen LogP contribution >= 0.6 is 23.1 Å². The molecule has 0 saturated carbocycles. The molecule has 0 aliphatic heterocycles. The number of nitrogens with zero attached hydrogens (tertiary/aromatic N) is 2. The molecule has 1 unspecified atom stereocenters. The number of amides is 1. The zero-order chi connectivity index (χ0) is 21.1. The molecule has 5 nitrogen and oxygen atoms in total. The fraction of sp³-hybridized carbons (Fsp3) is 0.0870. The lowest BCUT2D eigenvalue weighted by Crippen LogP contribution is -2.25. The van der Waals surface area contributed by atoms with Crippen LogP contribution in [0.5, 0.6) is 0 Å². The van der Waals surface area contributed by atoms with E-state index < -0.39 is 11.2 Å². The Hall–Kier alpha value is -3.16. The molecule has 0 saturated heterocycles. The Balaban J connectivity index is 1.86. The summed E-state index contributed by atoms with van der Waals surface area (Å²) in [6.07, 6.45) is 1.65. The predicted molar refractivity (Wildman–Crippen MR) is 124 cm³/mol. The van der Waals surface area contributed by atoms with Crippen LogP contribution in [0.15, 0.2) is 88.6 Å². The molecule has 1 atom stereocenters. The normalized spacial score (nSPS) is 12.0. The highest BCUT2D eigenvalue weighted by Gasteiger charge is 2.24. The Morgan fingerprint density at radius 3 is 2.47 bits per heavy atom. The number of carbonyl (C=O) groups excluding carboxylic acids is 1. The smallest absolute Gasteiger partial charge is 0.263 e. The van der Waals surface area contributed by atoms with Gasteiger partial charge in [0.15, 0.2) is 5.16 Å². The van der Waals surface area contributed by atoms with Crippen molar-refractivity contribution in [2.75, 3.05) is 0 Å². The fourth-order valence-corrected chi connectivity index (χ4v) is 5.28. The molecule has 0 aliphatic carbocycles. The molecular formula is C23H19N3O2S2. The first-order chi connectivity index (χ1) is 14.6. The number of thioether (sulfide) groups is 1. The number of primary amides is 1. The average molecular weight is 434 g/mol. The third kappa shape index (κ3) is 3.81. The molecule has 1 amide bonds. The SMILES string of the molecule is C=CCn1c(SC(C(N)=O)c2ccccc2)nc2scc(-c3ccccc3)c2c1=O. The van der Waals surface area contributed by atoms with E-state index in [1.807, 2.05) is 66.0 Å². The van der Waals surface area contributed by atoms with Gasteiger partial charge in [-0.25, -0.2) is 4.98 Å². The number of benzene rings is 2. The van der Waals surface area contributed by atoms with Gasteiger partial charge in [-0.3, -0.25) is 14.2 Å². The lowest BCUT2D eigenvalue weighted by Gasteiger charge is -2.16. The first kappa shape index (κ1) is 20.1. The van der Waals surface area contributed by atoms with Crippen LogP contribution in [0.2, 0.25) is 0 Å². The summed E-state index contributed by atoms with van der Waals surface area (Å²) < 4.78 is 1.55. The van der Waals surface area contributed by atoms with Gasteiger partial charge in [0.1, 0.15) is 10.1 Å². The van der Waals surface area contributed by atoms with E-state index in [4.69, 9.17) is 10.7 Å². The van der Waals surface area contributed by atoms with Gasteiger partial charge in [0.05, 0.1) is 5.39 Å². The summed E-state index contributed by atoms with van der Waals surface area (Å²) in [5.41, 5.74) is 8.12. The summed E-state index contributed by atoms with van der Waals surface area (Å²) >= 11 is 2.60. The van der Waals surface area contributed by atoms with Crippen LogP contribution in [0.3, 0.4) is 0 Å². The molecule has 7 heteroatoms. The Kier molecular flexibility index (Phi) is 5.83. The molecule has 30 heavy (non-hydrogen) atoms. The van der Waals surface area contributed by atoms with Gasteiger partial charge < -0.3 is 5.73 Å². The van der Waals surface area contributed by atoms with Gasteiger partial charge in [0.25, 0.3) is 5.56 Å². The van der Waals surface area contributed by atoms with Gasteiger partial charge in [-0.05, 0) is 11.1 Å². The average Bonchev–Trinajstić information content (AvgIpc) is 3.19. The maximum Gasteiger partial charge on any atom is 0.263 e. The third-order valence-corrected chi connectivity index (χ3v) is 6.77. The zero-order valence-electron chi connectivity index (χ0n) is 16.0. The molecule has 0 spiro atoms. The number of thiophene rings is 1. The van der Waals surface area contributed by atoms with Crippen LogP contribution in [-0.4, -0.2) is 15.5 Å². The van der Waals surface area contributed by atoms with Crippen molar-refractivity contribution in [2.24, 2.45) is 5.73 Å². The van der Waals surface area contributed by atoms with Crippen molar-refractivity contribution in [3.05, 3.63) is 94.6 Å². The minimum absolute atomic E-state index is 0.154. The maximum atomic E-state index is 13.4. The second-order valence-electron chi connectivity index (χ2n) is 6.61. The number of nitrogens with two attached hydrogens (primary N) is 1. The number of hydrogen-bond donors (Lipinski definition) is 1. The Morgan fingerprint density at radius 2 is 1.83 bits per heavy atom. The van der Waals surface area contributed by atoms with Crippen LogP contribution in [0, 0.1) is 0 Å². The van der Waals surface area contributed by atoms with Crippen molar-refractivity contribution in [3.63, 3.8) is 0 Å². The van der Waals surface area contributed by atoms with E-state index in [9.17, 15) is 9.59 Å². The first-order valence-electron chi connectivity index (χ1n) is 9.29. The Labute approximate surface area is 181 Å². The number of rotatable bonds is 7. The van der Waals surface area contributed by atoms with Crippen molar-refractivity contribution in [3.8, 4) is 11.1 Å². The Bertz CT molecular complexity index is 1260. The van der Waals surface area contributed by atoms with Crippen LogP contribution < -0.4 is 11.3 Å². The van der Waals surface area contributed by atoms with E-state index in [1.54, 1.807) is 10.6 Å². The number of carbonyl (C=O) groups is 1. The highest BCUT2D eigenvalue weighted by atomic mass is 32.2. The summed E-state index contributed by atoms with van der Waals surface area (Å²) in [5, 5.41) is 2.32. The van der Waals surface area contributed by atoms with Crippen LogP contribution in [-0.2, 0) is 11.3 Å². The molecule has 2 heterocycles. The van der Waals surface area contributed by atoms with Crippen molar-refractivity contribution in [2.45, 2.75) is 17.0 Å². The van der Waals surface area contributed by atoms with Gasteiger partial charge in [-0.2, -0.15) is 0 Å². The van der Waals surface area contributed by atoms with Gasteiger partial charge in [0, 0.05) is 17.5 Å². The molecule has 2 aromatic carbocycles. The monoisotopic (exact) mass is 433 g/mol. The van der Waals surface area contributed by atoms with Gasteiger partial charge in [-0.15, -0.1) is 17.9 Å². The number of allylic oxidation sites excluding steroid dienone is 1. The fourth-order valence-electron chi connectivity index (χ4n) is 3.24. The molecule has 0 radical (unpaired) electrons. The topological polar surface area (TPSA) is 78.0 Å². The highest BCUT2D eigenvalue weighted by molar-refractivity contribution is 8.00. The van der Waals surface area contributed by atoms with Gasteiger partial charge in [0.2, 0.25) is 5.91 Å². The molecule has 0 bridgehead atoms. The summed E-state index contributed by atoms with van der Waals surface area (Å²) in [4.78, 5) is 31.0. The van der Waals surface area contributed by atoms with E-state index in [0.29, 0.717) is 15.4 Å². The van der Waals surface area contributed by atoms with Crippen molar-refractivity contribution >= 4 is 39.2 Å². The quantitative estimate of drug-likeness (QED) is 0.262. The molecule has 2 aromatic heterocycles. The summed E-state index contributed by atoms with van der Waals surface area (Å²) in [7, 11) is 0. The van der Waals surface area contributed by atoms with Crippen molar-refractivity contribution in [1.29, 1.82) is 0 Å². The summed E-state index contributed by atoms with van der Waals surface area (Å²) in [5.74, 6) is -0.484. The summed E-state index contributed by atoms with van der Waals surface area (Å²) in [6.45, 7) is 4.06. The minimum atomic E-state index is -0.653. The van der Waals surface area contributed by atoms with E-state index >= 15 is 0 Å². The molecule has 4 aromatic rings. The lowest BCUT2D eigenvalue weighted by atomic mass is 10.1. The van der Waals surface area contributed by atoms with E-state index in [1.165, 1.54) is 23.1 Å². The van der Waals surface area contributed by atoms with Crippen LogP contribution in [0.4, 0.5) is 0 Å². The first-order valence-corrected chi connectivity index (χ1v) is 11.1. The molecule has 4 rings (SSSR count). The number of fused-ring (bicyclic) bond motifs is 1. The molecule has 150 valence electrons. The van der Waals surface area contributed by atoms with Crippen molar-refractivity contribution in [1.82, 2.24) is 9.55 Å². The molecule has 2 N–H and O–H groups in total. The van der Waals surface area contributed by atoms with E-state index in [2.05, 4.69) is 6.58 Å². The van der Waals surface area contributed by atoms with Crippen molar-refractivity contribution < 1.29 is 4.79 Å². The highest BCUT2D eigenvalue weighted by Crippen LogP contribution is 2.36. The second-order valence-corrected chi connectivity index (χ2v) is 8.54. The standard InChI is InChI=1S/C23H19N3O2S2/c1-2-13-26-22(28)18-17(15-9-5-3-6-10-15)14-29-21(18)25-23(26)30-19(20(24)27)16-11-7-4-8-12-16/h2-12,14,19H,1,13H2,(H2,24,27).